The van der Waals surface area contributed by atoms with Crippen molar-refractivity contribution in [2.24, 2.45) is 5.73 Å². The molecule has 0 radical (unpaired) electrons. The van der Waals surface area contributed by atoms with Crippen LogP contribution in [-0.2, 0) is 4.74 Å². The molecule has 4 heteroatoms. The zero-order valence-corrected chi connectivity index (χ0v) is 10.1. The van der Waals surface area contributed by atoms with Crippen LogP contribution in [0.5, 0.6) is 5.75 Å². The van der Waals surface area contributed by atoms with Crippen LogP contribution in [0.25, 0.3) is 0 Å². The Bertz CT molecular complexity index is 352. The van der Waals surface area contributed by atoms with E-state index in [-0.39, 0.29) is 0 Å². The highest BCUT2D eigenvalue weighted by Crippen LogP contribution is 2.17. The van der Waals surface area contributed by atoms with Gasteiger partial charge < -0.3 is 15.2 Å². The van der Waals surface area contributed by atoms with Gasteiger partial charge in [0.05, 0.1) is 12.2 Å². The van der Waals surface area contributed by atoms with Gasteiger partial charge >= 0.3 is 0 Å². The summed E-state index contributed by atoms with van der Waals surface area (Å²) in [6, 6.07) is 7.02. The molecule has 0 bridgehead atoms. The van der Waals surface area contributed by atoms with Crippen LogP contribution in [0, 0.1) is 0 Å². The van der Waals surface area contributed by atoms with Crippen molar-refractivity contribution in [3.8, 4) is 5.75 Å². The van der Waals surface area contributed by atoms with Gasteiger partial charge in [-0.2, -0.15) is 0 Å². The number of unbranched alkanes of at least 4 members (excludes halogenated alkanes) is 2. The maximum Gasteiger partial charge on any atom is 0.252 e. The minimum Gasteiger partial charge on any atom is -0.493 e. The van der Waals surface area contributed by atoms with E-state index in [9.17, 15) is 4.79 Å². The summed E-state index contributed by atoms with van der Waals surface area (Å²) in [7, 11) is 1.69. The minimum atomic E-state index is -0.458. The SMILES string of the molecule is COCCCCCOc1ccccc1C(N)=O. The molecule has 1 aromatic rings. The zero-order chi connectivity index (χ0) is 12.5. The van der Waals surface area contributed by atoms with Gasteiger partial charge in [-0.3, -0.25) is 4.79 Å². The zero-order valence-electron chi connectivity index (χ0n) is 10.1. The van der Waals surface area contributed by atoms with E-state index in [2.05, 4.69) is 0 Å². The first-order valence-corrected chi connectivity index (χ1v) is 5.76. The van der Waals surface area contributed by atoms with Crippen LogP contribution < -0.4 is 10.5 Å². The molecule has 1 rings (SSSR count). The molecular weight excluding hydrogens is 218 g/mol. The number of ether oxygens (including phenoxy) is 2. The van der Waals surface area contributed by atoms with Crippen LogP contribution in [-0.4, -0.2) is 26.2 Å². The van der Waals surface area contributed by atoms with Gasteiger partial charge in [-0.25, -0.2) is 0 Å². The highest BCUT2D eigenvalue weighted by molar-refractivity contribution is 5.95. The normalized spacial score (nSPS) is 10.2. The molecule has 0 aliphatic rings. The van der Waals surface area contributed by atoms with Crippen molar-refractivity contribution >= 4 is 5.91 Å². The second-order valence-electron chi connectivity index (χ2n) is 3.76. The molecule has 1 aromatic carbocycles. The number of hydrogen-bond acceptors (Lipinski definition) is 3. The Morgan fingerprint density at radius 3 is 2.59 bits per heavy atom. The molecule has 0 spiro atoms. The monoisotopic (exact) mass is 237 g/mol. The average molecular weight is 237 g/mol. The van der Waals surface area contributed by atoms with E-state index in [1.165, 1.54) is 0 Å². The van der Waals surface area contributed by atoms with E-state index in [0.717, 1.165) is 25.9 Å². The van der Waals surface area contributed by atoms with Crippen LogP contribution >= 0.6 is 0 Å². The lowest BCUT2D eigenvalue weighted by molar-refractivity contribution is 0.0996. The molecule has 0 unspecified atom stereocenters. The molecule has 2 N–H and O–H groups in total. The van der Waals surface area contributed by atoms with Crippen LogP contribution in [0.15, 0.2) is 24.3 Å². The van der Waals surface area contributed by atoms with Gasteiger partial charge in [-0.05, 0) is 31.4 Å². The fourth-order valence-corrected chi connectivity index (χ4v) is 1.50. The third-order valence-electron chi connectivity index (χ3n) is 2.40. The number of carbonyl (C=O) groups excluding carboxylic acids is 1. The van der Waals surface area contributed by atoms with Gasteiger partial charge in [0.25, 0.3) is 5.91 Å². The van der Waals surface area contributed by atoms with Crippen molar-refractivity contribution in [3.63, 3.8) is 0 Å². The lowest BCUT2D eigenvalue weighted by atomic mass is 10.2. The smallest absolute Gasteiger partial charge is 0.252 e. The molecule has 0 saturated carbocycles. The molecule has 94 valence electrons. The number of benzene rings is 1. The minimum absolute atomic E-state index is 0.435. The molecule has 0 heterocycles. The third-order valence-corrected chi connectivity index (χ3v) is 2.40. The number of primary amides is 1. The average Bonchev–Trinajstić information content (AvgIpc) is 2.34. The van der Waals surface area contributed by atoms with Crippen LogP contribution in [0.1, 0.15) is 29.6 Å². The van der Waals surface area contributed by atoms with E-state index in [1.54, 1.807) is 25.3 Å². The Kier molecular flexibility index (Phi) is 6.10. The summed E-state index contributed by atoms with van der Waals surface area (Å²) in [4.78, 5) is 11.1. The van der Waals surface area contributed by atoms with E-state index >= 15 is 0 Å². The van der Waals surface area contributed by atoms with Crippen molar-refractivity contribution < 1.29 is 14.3 Å². The predicted molar refractivity (Wildman–Crippen MR) is 66.2 cm³/mol. The summed E-state index contributed by atoms with van der Waals surface area (Å²) in [5.41, 5.74) is 5.68. The molecular formula is C13H19NO3. The maximum atomic E-state index is 11.1. The highest BCUT2D eigenvalue weighted by Gasteiger charge is 2.07. The summed E-state index contributed by atoms with van der Waals surface area (Å²) in [5, 5.41) is 0. The summed E-state index contributed by atoms with van der Waals surface area (Å²) in [6.45, 7) is 1.37. The first-order chi connectivity index (χ1) is 8.25. The second-order valence-corrected chi connectivity index (χ2v) is 3.76. The van der Waals surface area contributed by atoms with Crippen molar-refractivity contribution in [2.45, 2.75) is 19.3 Å². The number of rotatable bonds is 8. The number of hydrogen-bond donors (Lipinski definition) is 1. The number of methoxy groups -OCH3 is 1. The number of carbonyl (C=O) groups is 1. The van der Waals surface area contributed by atoms with Gasteiger partial charge in [0.15, 0.2) is 0 Å². The molecule has 1 amide bonds. The largest absolute Gasteiger partial charge is 0.493 e. The molecule has 0 aromatic heterocycles. The van der Waals surface area contributed by atoms with Crippen molar-refractivity contribution in [3.05, 3.63) is 29.8 Å². The molecule has 4 nitrogen and oxygen atoms in total. The first kappa shape index (κ1) is 13.5. The Balaban J connectivity index is 2.34. The van der Waals surface area contributed by atoms with Gasteiger partial charge in [0, 0.05) is 13.7 Å². The lowest BCUT2D eigenvalue weighted by Crippen LogP contribution is -2.13. The Morgan fingerprint density at radius 2 is 1.88 bits per heavy atom. The third kappa shape index (κ3) is 4.87. The predicted octanol–water partition coefficient (Wildman–Crippen LogP) is 1.98. The van der Waals surface area contributed by atoms with E-state index < -0.39 is 5.91 Å². The quantitative estimate of drug-likeness (QED) is 0.703. The fraction of sp³-hybridized carbons (Fsp3) is 0.462. The summed E-state index contributed by atoms with van der Waals surface area (Å²) >= 11 is 0. The molecule has 0 fully saturated rings. The van der Waals surface area contributed by atoms with E-state index in [0.29, 0.717) is 17.9 Å². The van der Waals surface area contributed by atoms with Gasteiger partial charge in [-0.1, -0.05) is 12.1 Å². The Labute approximate surface area is 102 Å². The summed E-state index contributed by atoms with van der Waals surface area (Å²) in [6.07, 6.45) is 3.01. The molecule has 0 aliphatic carbocycles. The van der Waals surface area contributed by atoms with Gasteiger partial charge in [-0.15, -0.1) is 0 Å². The summed E-state index contributed by atoms with van der Waals surface area (Å²) in [5.74, 6) is 0.103. The molecule has 0 atom stereocenters. The van der Waals surface area contributed by atoms with E-state index in [4.69, 9.17) is 15.2 Å². The Morgan fingerprint density at radius 1 is 1.18 bits per heavy atom. The first-order valence-electron chi connectivity index (χ1n) is 5.76. The Hall–Kier alpha value is -1.55. The molecule has 17 heavy (non-hydrogen) atoms. The van der Waals surface area contributed by atoms with Gasteiger partial charge in [0.1, 0.15) is 5.75 Å². The number of nitrogens with two attached hydrogens (primary N) is 1. The lowest BCUT2D eigenvalue weighted by Gasteiger charge is -2.09. The maximum absolute atomic E-state index is 11.1. The van der Waals surface area contributed by atoms with Crippen LogP contribution in [0.2, 0.25) is 0 Å². The number of amides is 1. The van der Waals surface area contributed by atoms with Crippen molar-refractivity contribution in [1.82, 2.24) is 0 Å². The standard InChI is InChI=1S/C13H19NO3/c1-16-9-5-2-6-10-17-12-8-4-3-7-11(12)13(14)15/h3-4,7-8H,2,5-6,9-10H2,1H3,(H2,14,15). The van der Waals surface area contributed by atoms with Crippen LogP contribution in [0.3, 0.4) is 0 Å². The topological polar surface area (TPSA) is 61.6 Å². The van der Waals surface area contributed by atoms with Crippen molar-refractivity contribution in [2.75, 3.05) is 20.3 Å². The second kappa shape index (κ2) is 7.68. The van der Waals surface area contributed by atoms with Crippen LogP contribution in [0.4, 0.5) is 0 Å². The summed E-state index contributed by atoms with van der Waals surface area (Å²) < 4.78 is 10.5. The number of para-hydroxylation sites is 1. The van der Waals surface area contributed by atoms with Crippen molar-refractivity contribution in [1.29, 1.82) is 0 Å². The molecule has 0 aliphatic heterocycles. The van der Waals surface area contributed by atoms with Gasteiger partial charge in [0.2, 0.25) is 0 Å². The van der Waals surface area contributed by atoms with E-state index in [1.807, 2.05) is 6.07 Å². The fourth-order valence-electron chi connectivity index (χ4n) is 1.50. The highest BCUT2D eigenvalue weighted by atomic mass is 16.5. The molecule has 0 saturated heterocycles.